The van der Waals surface area contributed by atoms with Crippen molar-refractivity contribution in [1.29, 1.82) is 0 Å². The molecule has 0 radical (unpaired) electrons. The summed E-state index contributed by atoms with van der Waals surface area (Å²) in [5.41, 5.74) is 1.99. The predicted molar refractivity (Wildman–Crippen MR) is 67.9 cm³/mol. The van der Waals surface area contributed by atoms with Gasteiger partial charge in [0.2, 0.25) is 11.8 Å². The van der Waals surface area contributed by atoms with Gasteiger partial charge in [-0.25, -0.2) is 4.98 Å². The lowest BCUT2D eigenvalue weighted by molar-refractivity contribution is -0.118. The van der Waals surface area contributed by atoms with E-state index in [2.05, 4.69) is 10.3 Å². The largest absolute Gasteiger partial charge is 0.481 e. The van der Waals surface area contributed by atoms with Gasteiger partial charge in [0, 0.05) is 25.2 Å². The van der Waals surface area contributed by atoms with Crippen LogP contribution in [0.15, 0.2) is 18.2 Å². The Kier molecular flexibility index (Phi) is 5.20. The smallest absolute Gasteiger partial charge is 0.216 e. The molecule has 4 nitrogen and oxygen atoms in total. The molecule has 17 heavy (non-hydrogen) atoms. The highest BCUT2D eigenvalue weighted by Crippen LogP contribution is 2.13. The number of methoxy groups -OCH3 is 1. The molecule has 1 aromatic heterocycles. The van der Waals surface area contributed by atoms with Gasteiger partial charge in [-0.15, -0.1) is 0 Å². The maximum Gasteiger partial charge on any atom is 0.216 e. The number of amides is 1. The molecular weight excluding hydrogens is 216 g/mol. The van der Waals surface area contributed by atoms with Crippen molar-refractivity contribution >= 4 is 12.0 Å². The van der Waals surface area contributed by atoms with E-state index in [4.69, 9.17) is 4.74 Å². The first-order chi connectivity index (χ1) is 8.13. The normalized spacial score (nSPS) is 10.5. The molecule has 92 valence electrons. The summed E-state index contributed by atoms with van der Waals surface area (Å²) in [4.78, 5) is 14.9. The molecule has 1 rings (SSSR count). The molecule has 0 spiro atoms. The number of ether oxygens (including phenoxy) is 1. The Morgan fingerprint density at radius 3 is 2.88 bits per heavy atom. The Balaban J connectivity index is 2.50. The van der Waals surface area contributed by atoms with Crippen LogP contribution in [0.3, 0.4) is 0 Å². The first-order valence-corrected chi connectivity index (χ1v) is 5.56. The zero-order valence-corrected chi connectivity index (χ0v) is 10.5. The molecule has 0 bridgehead atoms. The number of aromatic nitrogens is 1. The van der Waals surface area contributed by atoms with Crippen LogP contribution in [0.5, 0.6) is 5.88 Å². The van der Waals surface area contributed by atoms with Gasteiger partial charge < -0.3 is 10.1 Å². The van der Waals surface area contributed by atoms with Crippen LogP contribution in [0.25, 0.3) is 6.08 Å². The number of carbonyl (C=O) groups is 1. The number of carbonyl (C=O) groups excluding carboxylic acids is 1. The van der Waals surface area contributed by atoms with Crippen LogP contribution in [0.4, 0.5) is 0 Å². The van der Waals surface area contributed by atoms with E-state index in [1.807, 2.05) is 31.2 Å². The van der Waals surface area contributed by atoms with Crippen LogP contribution in [0.1, 0.15) is 24.6 Å². The van der Waals surface area contributed by atoms with E-state index in [1.54, 1.807) is 7.11 Å². The van der Waals surface area contributed by atoms with E-state index >= 15 is 0 Å². The van der Waals surface area contributed by atoms with Crippen molar-refractivity contribution in [3.8, 4) is 5.88 Å². The summed E-state index contributed by atoms with van der Waals surface area (Å²) < 4.78 is 5.04. The lowest BCUT2D eigenvalue weighted by Gasteiger charge is -2.03. The Hall–Kier alpha value is -1.84. The van der Waals surface area contributed by atoms with E-state index in [1.165, 1.54) is 6.92 Å². The van der Waals surface area contributed by atoms with Crippen molar-refractivity contribution in [3.63, 3.8) is 0 Å². The predicted octanol–water partition coefficient (Wildman–Crippen LogP) is 1.94. The van der Waals surface area contributed by atoms with Crippen molar-refractivity contribution in [2.24, 2.45) is 0 Å². The van der Waals surface area contributed by atoms with Gasteiger partial charge in [-0.1, -0.05) is 12.2 Å². The Morgan fingerprint density at radius 1 is 1.53 bits per heavy atom. The molecule has 0 saturated heterocycles. The number of rotatable bonds is 5. The molecule has 0 atom stereocenters. The zero-order chi connectivity index (χ0) is 12.7. The average molecular weight is 234 g/mol. The van der Waals surface area contributed by atoms with Gasteiger partial charge in [0.05, 0.1) is 7.11 Å². The third-order valence-corrected chi connectivity index (χ3v) is 2.29. The number of hydrogen-bond donors (Lipinski definition) is 1. The van der Waals surface area contributed by atoms with Crippen molar-refractivity contribution in [2.75, 3.05) is 13.7 Å². The van der Waals surface area contributed by atoms with E-state index in [0.29, 0.717) is 12.4 Å². The summed E-state index contributed by atoms with van der Waals surface area (Å²) in [5.74, 6) is 0.624. The molecule has 0 unspecified atom stereocenters. The van der Waals surface area contributed by atoms with Gasteiger partial charge in [0.15, 0.2) is 0 Å². The molecule has 1 heterocycles. The van der Waals surface area contributed by atoms with Gasteiger partial charge in [0.1, 0.15) is 0 Å². The molecule has 0 saturated carbocycles. The second kappa shape index (κ2) is 6.68. The standard InChI is InChI=1S/C13H18N2O2/c1-10-12(7-8-13(15-10)17-3)6-4-5-9-14-11(2)16/h4,6-8H,5,9H2,1-3H3,(H,14,16). The molecule has 1 N–H and O–H groups in total. The van der Waals surface area contributed by atoms with Crippen molar-refractivity contribution in [1.82, 2.24) is 10.3 Å². The minimum Gasteiger partial charge on any atom is -0.481 e. The summed E-state index contributed by atoms with van der Waals surface area (Å²) in [5, 5.41) is 2.74. The first-order valence-electron chi connectivity index (χ1n) is 5.56. The fraction of sp³-hybridized carbons (Fsp3) is 0.385. The van der Waals surface area contributed by atoms with Crippen LogP contribution >= 0.6 is 0 Å². The molecule has 1 aromatic rings. The monoisotopic (exact) mass is 234 g/mol. The third kappa shape index (κ3) is 4.68. The van der Waals surface area contributed by atoms with E-state index in [9.17, 15) is 4.79 Å². The summed E-state index contributed by atoms with van der Waals surface area (Å²) in [6, 6.07) is 3.80. The number of nitrogens with one attached hydrogen (secondary N) is 1. The minimum absolute atomic E-state index is 0.000643. The fourth-order valence-corrected chi connectivity index (χ4v) is 1.38. The SMILES string of the molecule is COc1ccc(C=CCCNC(C)=O)c(C)n1. The second-order valence-electron chi connectivity index (χ2n) is 3.70. The van der Waals surface area contributed by atoms with Gasteiger partial charge in [0.25, 0.3) is 0 Å². The molecule has 0 aliphatic carbocycles. The van der Waals surface area contributed by atoms with E-state index in [-0.39, 0.29) is 5.91 Å². The number of nitrogens with zero attached hydrogens (tertiary/aromatic N) is 1. The molecular formula is C13H18N2O2. The second-order valence-corrected chi connectivity index (χ2v) is 3.70. The maximum absolute atomic E-state index is 10.6. The lowest BCUT2D eigenvalue weighted by Crippen LogP contribution is -2.20. The number of pyridine rings is 1. The molecule has 1 amide bonds. The first kappa shape index (κ1) is 13.2. The highest BCUT2D eigenvalue weighted by atomic mass is 16.5. The summed E-state index contributed by atoms with van der Waals surface area (Å²) in [6.07, 6.45) is 4.83. The Labute approximate surface area is 102 Å². The van der Waals surface area contributed by atoms with Gasteiger partial charge in [-0.05, 0) is 25.0 Å². The van der Waals surface area contributed by atoms with Crippen LogP contribution in [-0.4, -0.2) is 24.5 Å². The van der Waals surface area contributed by atoms with Crippen molar-refractivity contribution in [2.45, 2.75) is 20.3 Å². The molecule has 0 aliphatic heterocycles. The quantitative estimate of drug-likeness (QED) is 0.792. The summed E-state index contributed by atoms with van der Waals surface area (Å²) in [6.45, 7) is 4.12. The topological polar surface area (TPSA) is 51.2 Å². The molecule has 0 aliphatic rings. The highest BCUT2D eigenvalue weighted by Gasteiger charge is 1.98. The maximum atomic E-state index is 10.6. The number of hydrogen-bond acceptors (Lipinski definition) is 3. The van der Waals surface area contributed by atoms with E-state index < -0.39 is 0 Å². The third-order valence-electron chi connectivity index (χ3n) is 2.29. The van der Waals surface area contributed by atoms with Gasteiger partial charge in [-0.3, -0.25) is 4.79 Å². The van der Waals surface area contributed by atoms with Gasteiger partial charge >= 0.3 is 0 Å². The fourth-order valence-electron chi connectivity index (χ4n) is 1.38. The van der Waals surface area contributed by atoms with Gasteiger partial charge in [-0.2, -0.15) is 0 Å². The van der Waals surface area contributed by atoms with Crippen LogP contribution in [0.2, 0.25) is 0 Å². The summed E-state index contributed by atoms with van der Waals surface area (Å²) >= 11 is 0. The van der Waals surface area contributed by atoms with Crippen molar-refractivity contribution < 1.29 is 9.53 Å². The lowest BCUT2D eigenvalue weighted by atomic mass is 10.2. The number of aryl methyl sites for hydroxylation is 1. The van der Waals surface area contributed by atoms with E-state index in [0.717, 1.165) is 17.7 Å². The molecule has 4 heteroatoms. The Bertz CT molecular complexity index is 414. The molecule has 0 aromatic carbocycles. The summed E-state index contributed by atoms with van der Waals surface area (Å²) in [7, 11) is 1.60. The highest BCUT2D eigenvalue weighted by molar-refractivity contribution is 5.72. The van der Waals surface area contributed by atoms with Crippen molar-refractivity contribution in [3.05, 3.63) is 29.5 Å². The average Bonchev–Trinajstić information content (AvgIpc) is 2.30. The van der Waals surface area contributed by atoms with Crippen LogP contribution < -0.4 is 10.1 Å². The van der Waals surface area contributed by atoms with Crippen LogP contribution in [0, 0.1) is 6.92 Å². The van der Waals surface area contributed by atoms with Crippen LogP contribution in [-0.2, 0) is 4.79 Å². The minimum atomic E-state index is 0.000643. The Morgan fingerprint density at radius 2 is 2.29 bits per heavy atom. The zero-order valence-electron chi connectivity index (χ0n) is 10.5. The molecule has 0 fully saturated rings.